The van der Waals surface area contributed by atoms with Crippen LogP contribution in [0.2, 0.25) is 0 Å². The molecule has 2 aromatic heterocycles. The molecule has 2 heterocycles. The number of thiophene rings is 2. The second-order valence-corrected chi connectivity index (χ2v) is 10.6. The van der Waals surface area contributed by atoms with Gasteiger partial charge in [0.15, 0.2) is 5.11 Å². The number of carbonyl (C=O) groups is 2. The minimum absolute atomic E-state index is 0.183. The number of nitrogens with one attached hydrogen (secondary N) is 2. The lowest BCUT2D eigenvalue weighted by molar-refractivity contribution is 0.0526. The number of anilines is 1. The Morgan fingerprint density at radius 3 is 2.73 bits per heavy atom. The molecule has 0 saturated heterocycles. The van der Waals surface area contributed by atoms with Crippen LogP contribution in [0.1, 0.15) is 71.0 Å². The van der Waals surface area contributed by atoms with Gasteiger partial charge in [0.25, 0.3) is 5.91 Å². The van der Waals surface area contributed by atoms with E-state index in [2.05, 4.69) is 31.4 Å². The van der Waals surface area contributed by atoms with E-state index in [4.69, 9.17) is 17.0 Å². The predicted molar refractivity (Wildman–Crippen MR) is 128 cm³/mol. The molecule has 1 unspecified atom stereocenters. The number of thiocarbonyl (C=S) groups is 1. The molecule has 5 nitrogen and oxygen atoms in total. The molecule has 2 N–H and O–H groups in total. The normalized spacial score (nSPS) is 15.9. The Morgan fingerprint density at radius 1 is 1.33 bits per heavy atom. The minimum atomic E-state index is -0.335. The summed E-state index contributed by atoms with van der Waals surface area (Å²) in [4.78, 5) is 26.8. The lowest BCUT2D eigenvalue weighted by atomic mass is 9.69. The number of amides is 1. The number of fused-ring (bicyclic) bond motifs is 1. The van der Waals surface area contributed by atoms with Crippen LogP contribution in [-0.4, -0.2) is 23.6 Å². The molecule has 162 valence electrons. The molecule has 1 aliphatic rings. The molecule has 3 rings (SSSR count). The number of hydrogen-bond donors (Lipinski definition) is 2. The average Bonchev–Trinajstić information content (AvgIpc) is 3.35. The first-order valence-electron chi connectivity index (χ1n) is 10.2. The molecule has 8 heteroatoms. The van der Waals surface area contributed by atoms with Gasteiger partial charge in [0.05, 0.1) is 17.0 Å². The third-order valence-corrected chi connectivity index (χ3v) is 8.20. The van der Waals surface area contributed by atoms with E-state index in [-0.39, 0.29) is 22.4 Å². The second-order valence-electron chi connectivity index (χ2n) is 8.10. The standard InChI is InChI=1S/C22H28N2O3S3/c1-5-22(3,4)13-9-10-14-16(12-13)30-19(17(14)20(26)27-6-2)24-21(28)23-18(25)15-8-7-11-29-15/h7-8,11,13H,5-6,9-10,12H2,1-4H3,(H2,23,24,25,28). The van der Waals surface area contributed by atoms with Gasteiger partial charge in [0.1, 0.15) is 5.00 Å². The van der Waals surface area contributed by atoms with Crippen molar-refractivity contribution in [2.24, 2.45) is 11.3 Å². The summed E-state index contributed by atoms with van der Waals surface area (Å²) in [5.74, 6) is -0.0219. The van der Waals surface area contributed by atoms with Gasteiger partial charge < -0.3 is 10.1 Å². The summed E-state index contributed by atoms with van der Waals surface area (Å²) in [5, 5.41) is 8.47. The van der Waals surface area contributed by atoms with Crippen LogP contribution in [0, 0.1) is 11.3 Å². The van der Waals surface area contributed by atoms with Crippen molar-refractivity contribution in [3.63, 3.8) is 0 Å². The topological polar surface area (TPSA) is 67.4 Å². The van der Waals surface area contributed by atoms with Gasteiger partial charge in [0, 0.05) is 4.88 Å². The first kappa shape index (κ1) is 22.9. The van der Waals surface area contributed by atoms with Gasteiger partial charge in [-0.3, -0.25) is 10.1 Å². The maximum Gasteiger partial charge on any atom is 0.341 e. The van der Waals surface area contributed by atoms with Crippen molar-refractivity contribution in [1.29, 1.82) is 0 Å². The van der Waals surface area contributed by atoms with E-state index >= 15 is 0 Å². The zero-order valence-corrected chi connectivity index (χ0v) is 20.2. The Morgan fingerprint density at radius 2 is 2.10 bits per heavy atom. The van der Waals surface area contributed by atoms with Gasteiger partial charge in [0.2, 0.25) is 0 Å². The molecular weight excluding hydrogens is 436 g/mol. The summed E-state index contributed by atoms with van der Waals surface area (Å²) in [7, 11) is 0. The van der Waals surface area contributed by atoms with Crippen LogP contribution in [0.5, 0.6) is 0 Å². The second kappa shape index (κ2) is 9.58. The molecule has 0 fully saturated rings. The number of rotatable bonds is 6. The predicted octanol–water partition coefficient (Wildman–Crippen LogP) is 5.65. The van der Waals surface area contributed by atoms with E-state index in [9.17, 15) is 9.59 Å². The number of hydrogen-bond acceptors (Lipinski definition) is 6. The Hall–Kier alpha value is -1.77. The summed E-state index contributed by atoms with van der Waals surface area (Å²) in [5.41, 5.74) is 1.89. The Labute approximate surface area is 191 Å². The fourth-order valence-electron chi connectivity index (χ4n) is 3.76. The van der Waals surface area contributed by atoms with Crippen molar-refractivity contribution in [2.45, 2.75) is 53.4 Å². The van der Waals surface area contributed by atoms with Crippen molar-refractivity contribution in [3.05, 3.63) is 38.4 Å². The van der Waals surface area contributed by atoms with E-state index < -0.39 is 0 Å². The summed E-state index contributed by atoms with van der Waals surface area (Å²) in [6.45, 7) is 8.98. The Bertz CT molecular complexity index is 932. The largest absolute Gasteiger partial charge is 0.462 e. The van der Waals surface area contributed by atoms with E-state index in [1.165, 1.54) is 16.2 Å². The van der Waals surface area contributed by atoms with Crippen LogP contribution in [0.3, 0.4) is 0 Å². The van der Waals surface area contributed by atoms with Crippen molar-refractivity contribution >= 4 is 56.9 Å². The molecule has 0 radical (unpaired) electrons. The maximum absolute atomic E-state index is 12.7. The summed E-state index contributed by atoms with van der Waals surface area (Å²) >= 11 is 8.26. The molecule has 0 saturated carbocycles. The maximum atomic E-state index is 12.7. The quantitative estimate of drug-likeness (QED) is 0.427. The summed E-state index contributed by atoms with van der Waals surface area (Å²) in [6.07, 6.45) is 3.97. The first-order chi connectivity index (χ1) is 14.3. The Kier molecular flexibility index (Phi) is 7.31. The molecule has 0 spiro atoms. The van der Waals surface area contributed by atoms with Crippen LogP contribution < -0.4 is 10.6 Å². The lowest BCUT2D eigenvalue weighted by Gasteiger charge is -2.36. The smallest absolute Gasteiger partial charge is 0.341 e. The molecule has 1 aliphatic carbocycles. The molecule has 0 aliphatic heterocycles. The number of ether oxygens (including phenoxy) is 1. The van der Waals surface area contributed by atoms with E-state index in [1.54, 1.807) is 24.3 Å². The molecular formula is C22H28N2O3S3. The SMILES string of the molecule is CCOC(=O)c1c(NC(=S)NC(=O)c2cccs2)sc2c1CCC(C(C)(C)CC)C2. The van der Waals surface area contributed by atoms with Gasteiger partial charge in [-0.05, 0) is 66.7 Å². The van der Waals surface area contributed by atoms with Crippen LogP contribution in [0.25, 0.3) is 0 Å². The average molecular weight is 465 g/mol. The first-order valence-corrected chi connectivity index (χ1v) is 12.3. The van der Waals surface area contributed by atoms with Gasteiger partial charge in [-0.25, -0.2) is 4.79 Å². The highest BCUT2D eigenvalue weighted by molar-refractivity contribution is 7.80. The molecule has 30 heavy (non-hydrogen) atoms. The molecule has 0 bridgehead atoms. The zero-order chi connectivity index (χ0) is 21.9. The molecule has 1 amide bonds. The number of carbonyl (C=O) groups excluding carboxylic acids is 2. The van der Waals surface area contributed by atoms with Crippen molar-refractivity contribution < 1.29 is 14.3 Å². The van der Waals surface area contributed by atoms with E-state index in [0.717, 1.165) is 31.2 Å². The zero-order valence-electron chi connectivity index (χ0n) is 17.8. The highest BCUT2D eigenvalue weighted by Crippen LogP contribution is 2.45. The van der Waals surface area contributed by atoms with Gasteiger partial charge in [-0.15, -0.1) is 22.7 Å². The van der Waals surface area contributed by atoms with Crippen molar-refractivity contribution in [2.75, 3.05) is 11.9 Å². The fraction of sp³-hybridized carbons (Fsp3) is 0.500. The van der Waals surface area contributed by atoms with Crippen LogP contribution in [-0.2, 0) is 17.6 Å². The monoisotopic (exact) mass is 464 g/mol. The van der Waals surface area contributed by atoms with Crippen molar-refractivity contribution in [3.8, 4) is 0 Å². The van der Waals surface area contributed by atoms with Crippen molar-refractivity contribution in [1.82, 2.24) is 5.32 Å². The summed E-state index contributed by atoms with van der Waals surface area (Å²) < 4.78 is 5.33. The number of esters is 1. The third kappa shape index (κ3) is 4.92. The Balaban J connectivity index is 1.84. The van der Waals surface area contributed by atoms with Crippen LogP contribution in [0.4, 0.5) is 5.00 Å². The minimum Gasteiger partial charge on any atom is -0.462 e. The van der Waals surface area contributed by atoms with Crippen LogP contribution in [0.15, 0.2) is 17.5 Å². The van der Waals surface area contributed by atoms with Crippen LogP contribution >= 0.6 is 34.9 Å². The molecule has 2 aromatic rings. The summed E-state index contributed by atoms with van der Waals surface area (Å²) in [6, 6.07) is 3.56. The highest BCUT2D eigenvalue weighted by Gasteiger charge is 2.35. The van der Waals surface area contributed by atoms with Gasteiger partial charge >= 0.3 is 5.97 Å². The molecule has 1 atom stereocenters. The van der Waals surface area contributed by atoms with Gasteiger partial charge in [-0.2, -0.15) is 0 Å². The van der Waals surface area contributed by atoms with E-state index in [0.29, 0.717) is 28.0 Å². The lowest BCUT2D eigenvalue weighted by Crippen LogP contribution is -2.33. The van der Waals surface area contributed by atoms with E-state index in [1.807, 2.05) is 11.4 Å². The van der Waals surface area contributed by atoms with Gasteiger partial charge in [-0.1, -0.05) is 33.3 Å². The molecule has 0 aromatic carbocycles. The third-order valence-electron chi connectivity index (χ3n) is 5.96. The fourth-order valence-corrected chi connectivity index (χ4v) is 5.95. The highest BCUT2D eigenvalue weighted by atomic mass is 32.1.